The van der Waals surface area contributed by atoms with Gasteiger partial charge in [-0.25, -0.2) is 0 Å². The first-order chi connectivity index (χ1) is 10.7. The maximum Gasteiger partial charge on any atom is 0.0631 e. The number of aliphatic carboxylic acids is 1. The summed E-state index contributed by atoms with van der Waals surface area (Å²) in [5, 5.41) is 12.9. The minimum atomic E-state index is -1.02. The number of hydrogen-bond donors (Lipinski definition) is 0. The lowest BCUT2D eigenvalue weighted by Gasteiger charge is -2.15. The van der Waals surface area contributed by atoms with Crippen molar-refractivity contribution in [2.75, 3.05) is 0 Å². The molecule has 3 rings (SSSR count). The van der Waals surface area contributed by atoms with Gasteiger partial charge in [0.25, 0.3) is 0 Å². The average Bonchev–Trinajstić information content (AvgIpc) is 3.14. The smallest absolute Gasteiger partial charge is 0.0631 e. The monoisotopic (exact) mass is 310 g/mol. The molecule has 0 spiro atoms. The van der Waals surface area contributed by atoms with Crippen molar-refractivity contribution < 1.29 is 9.90 Å². The molecule has 0 amide bonds. The third-order valence-electron chi connectivity index (χ3n) is 3.68. The van der Waals surface area contributed by atoms with Gasteiger partial charge in [-0.05, 0) is 55.0 Å². The number of thiophene rings is 1. The van der Waals surface area contributed by atoms with Gasteiger partial charge in [-0.3, -0.25) is 0 Å². The largest absolute Gasteiger partial charge is 0.550 e. The summed E-state index contributed by atoms with van der Waals surface area (Å²) in [7, 11) is 0. The second-order valence-electron chi connectivity index (χ2n) is 5.18. The normalized spacial score (nSPS) is 10.8. The number of para-hydroxylation sites is 1. The predicted octanol–water partition coefficient (Wildman–Crippen LogP) is 3.20. The molecule has 0 atom stereocenters. The zero-order chi connectivity index (χ0) is 15.5. The molecule has 0 radical (unpaired) electrons. The van der Waals surface area contributed by atoms with Crippen LogP contribution in [0, 0.1) is 6.92 Å². The molecule has 0 aliphatic rings. The molecule has 0 N–H and O–H groups in total. The fourth-order valence-corrected chi connectivity index (χ4v) is 3.36. The Bertz CT molecular complexity index is 787. The van der Waals surface area contributed by atoms with Crippen LogP contribution in [0.1, 0.15) is 17.7 Å². The molecule has 3 nitrogen and oxygen atoms in total. The minimum absolute atomic E-state index is 0.0276. The van der Waals surface area contributed by atoms with E-state index in [1.165, 1.54) is 4.88 Å². The maximum absolute atomic E-state index is 10.8. The molecule has 0 unspecified atom stereocenters. The van der Waals surface area contributed by atoms with Gasteiger partial charge in [0.2, 0.25) is 0 Å². The fourth-order valence-electron chi connectivity index (χ4n) is 2.62. The van der Waals surface area contributed by atoms with E-state index in [1.54, 1.807) is 11.3 Å². The second kappa shape index (κ2) is 6.20. The van der Waals surface area contributed by atoms with Crippen LogP contribution in [-0.2, 0) is 11.2 Å². The molecule has 22 heavy (non-hydrogen) atoms. The van der Waals surface area contributed by atoms with E-state index in [2.05, 4.69) is 35.8 Å². The van der Waals surface area contributed by atoms with Crippen LogP contribution < -0.4 is 5.11 Å². The van der Waals surface area contributed by atoms with E-state index in [1.807, 2.05) is 29.6 Å². The number of carbonyl (C=O) groups excluding carboxylic acids is 1. The van der Waals surface area contributed by atoms with Crippen LogP contribution >= 0.6 is 11.3 Å². The van der Waals surface area contributed by atoms with Crippen molar-refractivity contribution >= 4 is 17.3 Å². The summed E-state index contributed by atoms with van der Waals surface area (Å²) in [6.45, 7) is 2.07. The van der Waals surface area contributed by atoms with Crippen molar-refractivity contribution in [1.29, 1.82) is 0 Å². The van der Waals surface area contributed by atoms with Gasteiger partial charge in [-0.2, -0.15) is 0 Å². The van der Waals surface area contributed by atoms with E-state index < -0.39 is 5.97 Å². The van der Waals surface area contributed by atoms with E-state index in [0.717, 1.165) is 22.6 Å². The van der Waals surface area contributed by atoms with Gasteiger partial charge in [0, 0.05) is 17.4 Å². The van der Waals surface area contributed by atoms with Crippen molar-refractivity contribution in [3.63, 3.8) is 0 Å². The Hall–Kier alpha value is -2.33. The molecule has 0 aliphatic carbocycles. The number of nitrogens with zero attached hydrogens (tertiary/aromatic N) is 1. The number of benzene rings is 1. The summed E-state index contributed by atoms with van der Waals surface area (Å²) >= 11 is 1.68. The Labute approximate surface area is 133 Å². The molecular weight excluding hydrogens is 294 g/mol. The molecule has 1 aromatic carbocycles. The molecule has 4 heteroatoms. The lowest BCUT2D eigenvalue weighted by Crippen LogP contribution is -2.22. The summed E-state index contributed by atoms with van der Waals surface area (Å²) in [6, 6.07) is 16.3. The van der Waals surface area contributed by atoms with E-state index >= 15 is 0 Å². The van der Waals surface area contributed by atoms with Crippen LogP contribution in [0.25, 0.3) is 16.3 Å². The van der Waals surface area contributed by atoms with Crippen LogP contribution in [0.3, 0.4) is 0 Å². The minimum Gasteiger partial charge on any atom is -0.550 e. The van der Waals surface area contributed by atoms with E-state index in [0.29, 0.717) is 6.42 Å². The molecule has 0 fully saturated rings. The van der Waals surface area contributed by atoms with Crippen molar-refractivity contribution in [2.24, 2.45) is 0 Å². The average molecular weight is 310 g/mol. The van der Waals surface area contributed by atoms with Gasteiger partial charge < -0.3 is 14.5 Å². The van der Waals surface area contributed by atoms with E-state index in [4.69, 9.17) is 0 Å². The molecule has 0 saturated carbocycles. The topological polar surface area (TPSA) is 45.1 Å². The molecule has 0 aliphatic heterocycles. The van der Waals surface area contributed by atoms with E-state index in [-0.39, 0.29) is 6.42 Å². The first-order valence-electron chi connectivity index (χ1n) is 7.17. The van der Waals surface area contributed by atoms with Crippen molar-refractivity contribution in [2.45, 2.75) is 19.8 Å². The van der Waals surface area contributed by atoms with Crippen LogP contribution in [0.15, 0.2) is 53.9 Å². The number of hydrogen-bond acceptors (Lipinski definition) is 3. The lowest BCUT2D eigenvalue weighted by molar-refractivity contribution is -0.305. The fraction of sp³-hybridized carbons (Fsp3) is 0.167. The predicted molar refractivity (Wildman–Crippen MR) is 87.1 cm³/mol. The third-order valence-corrected chi connectivity index (χ3v) is 4.57. The first kappa shape index (κ1) is 14.6. The Morgan fingerprint density at radius 2 is 1.95 bits per heavy atom. The Morgan fingerprint density at radius 1 is 1.14 bits per heavy atom. The third kappa shape index (κ3) is 2.83. The van der Waals surface area contributed by atoms with Gasteiger partial charge in [0.05, 0.1) is 10.6 Å². The summed E-state index contributed by atoms with van der Waals surface area (Å²) in [5.41, 5.74) is 4.33. The van der Waals surface area contributed by atoms with Crippen molar-refractivity contribution in [3.8, 4) is 16.3 Å². The molecule has 112 valence electrons. The number of carboxylic acid groups (broad SMARTS) is 1. The van der Waals surface area contributed by atoms with E-state index in [9.17, 15) is 9.90 Å². The molecule has 0 bridgehead atoms. The molecule has 2 heterocycles. The number of carboxylic acids is 1. The Balaban J connectivity index is 2.13. The van der Waals surface area contributed by atoms with Crippen LogP contribution in [-0.4, -0.2) is 10.5 Å². The Morgan fingerprint density at radius 3 is 2.64 bits per heavy atom. The molecular formula is C18H16NO2S-. The Kier molecular flexibility index (Phi) is 4.11. The zero-order valence-corrected chi connectivity index (χ0v) is 13.1. The number of carbonyl (C=O) groups is 1. The standard InChI is InChI=1S/C18H17NO2S/c1-13-5-2-3-6-15(13)19-14(9-11-18(20)21)8-10-16(19)17-7-4-12-22-17/h2-8,10,12H,9,11H2,1H3,(H,20,21)/p-1. The molecule has 2 aromatic heterocycles. The summed E-state index contributed by atoms with van der Waals surface area (Å²) < 4.78 is 2.16. The van der Waals surface area contributed by atoms with Gasteiger partial charge in [-0.15, -0.1) is 11.3 Å². The first-order valence-corrected chi connectivity index (χ1v) is 8.05. The van der Waals surface area contributed by atoms with Crippen LogP contribution in [0.2, 0.25) is 0 Å². The molecule has 0 saturated heterocycles. The summed E-state index contributed by atoms with van der Waals surface area (Å²) in [5.74, 6) is -1.02. The number of aryl methyl sites for hydroxylation is 2. The van der Waals surface area contributed by atoms with Crippen molar-refractivity contribution in [3.05, 3.63) is 65.2 Å². The highest BCUT2D eigenvalue weighted by Crippen LogP contribution is 2.31. The SMILES string of the molecule is Cc1ccccc1-n1c(CCC(=O)[O-])ccc1-c1cccs1. The van der Waals surface area contributed by atoms with Gasteiger partial charge in [0.1, 0.15) is 0 Å². The van der Waals surface area contributed by atoms with Gasteiger partial charge in [0.15, 0.2) is 0 Å². The lowest BCUT2D eigenvalue weighted by atomic mass is 10.1. The number of rotatable bonds is 5. The molecule has 3 aromatic rings. The maximum atomic E-state index is 10.8. The zero-order valence-electron chi connectivity index (χ0n) is 12.3. The highest BCUT2D eigenvalue weighted by molar-refractivity contribution is 7.13. The summed E-state index contributed by atoms with van der Waals surface area (Å²) in [6.07, 6.45) is 0.488. The highest BCUT2D eigenvalue weighted by atomic mass is 32.1. The van der Waals surface area contributed by atoms with Gasteiger partial charge in [-0.1, -0.05) is 24.3 Å². The van der Waals surface area contributed by atoms with Crippen LogP contribution in [0.4, 0.5) is 0 Å². The van der Waals surface area contributed by atoms with Gasteiger partial charge >= 0.3 is 0 Å². The van der Waals surface area contributed by atoms with Crippen LogP contribution in [0.5, 0.6) is 0 Å². The highest BCUT2D eigenvalue weighted by Gasteiger charge is 2.13. The second-order valence-corrected chi connectivity index (χ2v) is 6.13. The quantitative estimate of drug-likeness (QED) is 0.726. The van der Waals surface area contributed by atoms with Crippen molar-refractivity contribution in [1.82, 2.24) is 4.57 Å². The summed E-state index contributed by atoms with van der Waals surface area (Å²) in [4.78, 5) is 12.0. The number of aromatic nitrogens is 1.